The lowest BCUT2D eigenvalue weighted by Gasteiger charge is -2.34. The fourth-order valence-electron chi connectivity index (χ4n) is 4.06. The van der Waals surface area contributed by atoms with Crippen LogP contribution < -0.4 is 15.8 Å². The summed E-state index contributed by atoms with van der Waals surface area (Å²) in [5.41, 5.74) is 8.22. The lowest BCUT2D eigenvalue weighted by molar-refractivity contribution is -0.134. The first kappa shape index (κ1) is 23.8. The van der Waals surface area contributed by atoms with Crippen molar-refractivity contribution >= 4 is 29.2 Å². The molecule has 172 valence electrons. The topological polar surface area (TPSA) is 110 Å². The van der Waals surface area contributed by atoms with Gasteiger partial charge in [0.2, 0.25) is 11.2 Å². The molecule has 1 aliphatic heterocycles. The Kier molecular flexibility index (Phi) is 7.90. The van der Waals surface area contributed by atoms with E-state index in [1.165, 1.54) is 0 Å². The van der Waals surface area contributed by atoms with Crippen LogP contribution in [0.4, 0.5) is 5.82 Å². The van der Waals surface area contributed by atoms with Crippen molar-refractivity contribution in [2.45, 2.75) is 45.6 Å². The SMILES string of the molecule is COc1cccc(C(=O)NC(C)C(=O)N2CCC(CCc3c(C)nc(Cl)nc3N)CC2)c1. The first-order valence-corrected chi connectivity index (χ1v) is 11.2. The van der Waals surface area contributed by atoms with Crippen LogP contribution in [-0.4, -0.2) is 52.9 Å². The van der Waals surface area contributed by atoms with Crippen molar-refractivity contribution in [1.82, 2.24) is 20.2 Å². The quantitative estimate of drug-likeness (QED) is 0.616. The molecule has 1 aromatic heterocycles. The summed E-state index contributed by atoms with van der Waals surface area (Å²) in [6, 6.07) is 6.26. The predicted octanol–water partition coefficient (Wildman–Crippen LogP) is 3.02. The van der Waals surface area contributed by atoms with Gasteiger partial charge in [0.1, 0.15) is 17.6 Å². The Hall–Kier alpha value is -2.87. The zero-order chi connectivity index (χ0) is 23.3. The lowest BCUT2D eigenvalue weighted by atomic mass is 9.90. The maximum absolute atomic E-state index is 12.8. The van der Waals surface area contributed by atoms with E-state index in [0.717, 1.165) is 36.9 Å². The minimum absolute atomic E-state index is 0.0640. The number of methoxy groups -OCH3 is 1. The van der Waals surface area contributed by atoms with E-state index in [0.29, 0.717) is 36.1 Å². The lowest BCUT2D eigenvalue weighted by Crippen LogP contribution is -2.49. The van der Waals surface area contributed by atoms with Crippen LogP contribution in [0.3, 0.4) is 0 Å². The molecule has 2 aromatic rings. The molecule has 1 unspecified atom stereocenters. The number of anilines is 1. The number of nitrogens with one attached hydrogen (secondary N) is 1. The van der Waals surface area contributed by atoms with Gasteiger partial charge >= 0.3 is 0 Å². The van der Waals surface area contributed by atoms with Gasteiger partial charge in [-0.3, -0.25) is 9.59 Å². The van der Waals surface area contributed by atoms with E-state index in [1.807, 2.05) is 11.8 Å². The van der Waals surface area contributed by atoms with Crippen molar-refractivity contribution in [1.29, 1.82) is 0 Å². The number of aromatic nitrogens is 2. The van der Waals surface area contributed by atoms with Gasteiger partial charge in [-0.25, -0.2) is 9.97 Å². The molecule has 3 rings (SSSR count). The molecule has 8 nitrogen and oxygen atoms in total. The van der Waals surface area contributed by atoms with Gasteiger partial charge in [-0.15, -0.1) is 0 Å². The van der Waals surface area contributed by atoms with Gasteiger partial charge in [-0.05, 0) is 75.2 Å². The Bertz CT molecular complexity index is 953. The van der Waals surface area contributed by atoms with E-state index in [1.54, 1.807) is 38.3 Å². The van der Waals surface area contributed by atoms with Crippen LogP contribution in [-0.2, 0) is 11.2 Å². The largest absolute Gasteiger partial charge is 0.497 e. The number of halogens is 1. The third-order valence-corrected chi connectivity index (χ3v) is 6.17. The Morgan fingerprint density at radius 2 is 2.03 bits per heavy atom. The summed E-state index contributed by atoms with van der Waals surface area (Å²) < 4.78 is 5.15. The van der Waals surface area contributed by atoms with Crippen molar-refractivity contribution in [3.63, 3.8) is 0 Å². The van der Waals surface area contributed by atoms with Crippen molar-refractivity contribution < 1.29 is 14.3 Å². The van der Waals surface area contributed by atoms with E-state index in [4.69, 9.17) is 22.1 Å². The Morgan fingerprint density at radius 3 is 2.69 bits per heavy atom. The zero-order valence-electron chi connectivity index (χ0n) is 18.7. The zero-order valence-corrected chi connectivity index (χ0v) is 19.5. The predicted molar refractivity (Wildman–Crippen MR) is 124 cm³/mol. The molecule has 9 heteroatoms. The summed E-state index contributed by atoms with van der Waals surface area (Å²) in [4.78, 5) is 35.4. The standard InChI is InChI=1S/C23H30ClN5O3/c1-14-19(20(25)28-23(24)27-14)8-7-16-9-11-29(12-10-16)22(31)15(2)26-21(30)17-5-4-6-18(13-17)32-3/h4-6,13,15-16H,7-12H2,1-3H3,(H,26,30)(H2,25,27,28). The van der Waals surface area contributed by atoms with Crippen molar-refractivity contribution in [2.24, 2.45) is 5.92 Å². The molecule has 32 heavy (non-hydrogen) atoms. The smallest absolute Gasteiger partial charge is 0.252 e. The summed E-state index contributed by atoms with van der Waals surface area (Å²) in [5, 5.41) is 2.96. The molecule has 2 heterocycles. The monoisotopic (exact) mass is 459 g/mol. The molecule has 0 spiro atoms. The minimum atomic E-state index is -0.598. The van der Waals surface area contributed by atoms with E-state index < -0.39 is 6.04 Å². The van der Waals surface area contributed by atoms with Gasteiger partial charge in [-0.2, -0.15) is 0 Å². The second kappa shape index (κ2) is 10.6. The van der Waals surface area contributed by atoms with Gasteiger partial charge in [0.25, 0.3) is 5.91 Å². The fourth-order valence-corrected chi connectivity index (χ4v) is 4.28. The molecule has 0 radical (unpaired) electrons. The first-order valence-electron chi connectivity index (χ1n) is 10.8. The van der Waals surface area contributed by atoms with Crippen molar-refractivity contribution in [3.05, 3.63) is 46.4 Å². The van der Waals surface area contributed by atoms with Crippen LogP contribution in [0.2, 0.25) is 5.28 Å². The molecule has 1 aliphatic rings. The number of rotatable bonds is 7. The molecule has 1 fully saturated rings. The third kappa shape index (κ3) is 5.88. The number of nitrogens with two attached hydrogens (primary N) is 1. The number of nitrogen functional groups attached to an aromatic ring is 1. The molecular weight excluding hydrogens is 430 g/mol. The summed E-state index contributed by atoms with van der Waals surface area (Å²) in [6.07, 6.45) is 3.58. The number of carbonyl (C=O) groups excluding carboxylic acids is 2. The number of benzene rings is 1. The Balaban J connectivity index is 1.48. The second-order valence-electron chi connectivity index (χ2n) is 8.18. The number of ether oxygens (including phenoxy) is 1. The average molecular weight is 460 g/mol. The van der Waals surface area contributed by atoms with Crippen LogP contribution in [0, 0.1) is 12.8 Å². The molecule has 3 N–H and O–H groups in total. The number of amides is 2. The molecule has 0 saturated carbocycles. The van der Waals surface area contributed by atoms with Gasteiger partial charge in [0.05, 0.1) is 7.11 Å². The average Bonchev–Trinajstić information content (AvgIpc) is 2.78. The van der Waals surface area contributed by atoms with Gasteiger partial charge < -0.3 is 20.7 Å². The van der Waals surface area contributed by atoms with Gasteiger partial charge in [-0.1, -0.05) is 6.07 Å². The number of aryl methyl sites for hydroxylation is 1. The molecule has 2 amide bonds. The summed E-state index contributed by atoms with van der Waals surface area (Å²) in [6.45, 7) is 4.96. The number of nitrogens with zero attached hydrogens (tertiary/aromatic N) is 3. The first-order chi connectivity index (χ1) is 15.3. The Labute approximate surface area is 193 Å². The minimum Gasteiger partial charge on any atom is -0.497 e. The number of hydrogen-bond donors (Lipinski definition) is 2. The highest BCUT2D eigenvalue weighted by molar-refractivity contribution is 6.28. The molecule has 1 aromatic carbocycles. The van der Waals surface area contributed by atoms with E-state index in [9.17, 15) is 9.59 Å². The summed E-state index contributed by atoms with van der Waals surface area (Å²) >= 11 is 5.85. The van der Waals surface area contributed by atoms with Gasteiger partial charge in [0.15, 0.2) is 0 Å². The van der Waals surface area contributed by atoms with Crippen LogP contribution in [0.1, 0.15) is 47.8 Å². The highest BCUT2D eigenvalue weighted by Gasteiger charge is 2.27. The van der Waals surface area contributed by atoms with Gasteiger partial charge in [0, 0.05) is 29.9 Å². The maximum Gasteiger partial charge on any atom is 0.252 e. The number of carbonyl (C=O) groups is 2. The number of likely N-dealkylation sites (tertiary alicyclic amines) is 1. The summed E-state index contributed by atoms with van der Waals surface area (Å²) in [7, 11) is 1.55. The highest BCUT2D eigenvalue weighted by atomic mass is 35.5. The Morgan fingerprint density at radius 1 is 1.31 bits per heavy atom. The third-order valence-electron chi connectivity index (χ3n) is 6.00. The molecular formula is C23H30ClN5O3. The second-order valence-corrected chi connectivity index (χ2v) is 8.51. The van der Waals surface area contributed by atoms with Crippen molar-refractivity contribution in [2.75, 3.05) is 25.9 Å². The number of piperidine rings is 1. The van der Waals surface area contributed by atoms with Crippen LogP contribution in [0.25, 0.3) is 0 Å². The van der Waals surface area contributed by atoms with Crippen LogP contribution >= 0.6 is 11.6 Å². The summed E-state index contributed by atoms with van der Waals surface area (Å²) in [5.74, 6) is 1.18. The van der Waals surface area contributed by atoms with Crippen LogP contribution in [0.15, 0.2) is 24.3 Å². The van der Waals surface area contributed by atoms with E-state index in [-0.39, 0.29) is 17.1 Å². The van der Waals surface area contributed by atoms with E-state index in [2.05, 4.69) is 15.3 Å². The van der Waals surface area contributed by atoms with Crippen LogP contribution in [0.5, 0.6) is 5.75 Å². The highest BCUT2D eigenvalue weighted by Crippen LogP contribution is 2.25. The molecule has 1 saturated heterocycles. The maximum atomic E-state index is 12.8. The normalized spacial score (nSPS) is 15.3. The number of hydrogen-bond acceptors (Lipinski definition) is 6. The fraction of sp³-hybridized carbons (Fsp3) is 0.478. The van der Waals surface area contributed by atoms with E-state index >= 15 is 0 Å². The molecule has 0 bridgehead atoms. The van der Waals surface area contributed by atoms with Crippen molar-refractivity contribution in [3.8, 4) is 5.75 Å². The molecule has 1 atom stereocenters. The molecule has 0 aliphatic carbocycles.